The van der Waals surface area contributed by atoms with Crippen LogP contribution in [-0.2, 0) is 0 Å². The predicted molar refractivity (Wildman–Crippen MR) is 277 cm³/mol. The van der Waals surface area contributed by atoms with Crippen molar-refractivity contribution in [3.8, 4) is 101 Å². The molecule has 12 rings (SSSR count). The molecule has 0 bridgehead atoms. The fourth-order valence-electron chi connectivity index (χ4n) is 9.29. The van der Waals surface area contributed by atoms with Gasteiger partial charge in [-0.05, 0) is 80.7 Å². The van der Waals surface area contributed by atoms with Crippen LogP contribution in [0.15, 0.2) is 255 Å². The molecular formula is C63H42N4. The summed E-state index contributed by atoms with van der Waals surface area (Å²) < 4.78 is 2.16. The maximum absolute atomic E-state index is 5.45. The molecule has 314 valence electrons. The maximum Gasteiger partial charge on any atom is 0.160 e. The normalized spacial score (nSPS) is 11.3. The second-order valence-corrected chi connectivity index (χ2v) is 16.9. The van der Waals surface area contributed by atoms with Crippen LogP contribution in [0.1, 0.15) is 0 Å². The number of hydrogen-bond acceptors (Lipinski definition) is 3. The summed E-state index contributed by atoms with van der Waals surface area (Å²) in [4.78, 5) is 10.7. The first-order chi connectivity index (χ1) is 33.2. The summed E-state index contributed by atoms with van der Waals surface area (Å²) in [6.07, 6.45) is 0. The minimum Gasteiger partial charge on any atom is -0.231 e. The number of hydrogen-bond donors (Lipinski definition) is 0. The fourth-order valence-corrected chi connectivity index (χ4v) is 9.29. The van der Waals surface area contributed by atoms with Crippen LogP contribution >= 0.6 is 0 Å². The minimum absolute atomic E-state index is 0.662. The zero-order valence-corrected chi connectivity index (χ0v) is 36.5. The summed E-state index contributed by atoms with van der Waals surface area (Å²) in [5, 5.41) is 7.71. The van der Waals surface area contributed by atoms with Crippen LogP contribution in [0, 0.1) is 0 Å². The summed E-state index contributed by atoms with van der Waals surface area (Å²) >= 11 is 0. The van der Waals surface area contributed by atoms with Gasteiger partial charge in [0.1, 0.15) is 5.69 Å². The number of fused-ring (bicyclic) bond motifs is 3. The lowest BCUT2D eigenvalue weighted by atomic mass is 9.94. The number of pyridine rings is 1. The Morgan fingerprint density at radius 3 is 1.25 bits per heavy atom. The van der Waals surface area contributed by atoms with E-state index in [1.54, 1.807) is 0 Å². The fraction of sp³-hybridized carbons (Fsp3) is 0. The van der Waals surface area contributed by atoms with Crippen LogP contribution in [0.3, 0.4) is 0 Å². The number of benzene rings is 9. The van der Waals surface area contributed by atoms with Crippen LogP contribution in [0.25, 0.3) is 117 Å². The molecule has 9 aromatic carbocycles. The lowest BCUT2D eigenvalue weighted by Crippen LogP contribution is -1.97. The third kappa shape index (κ3) is 7.67. The molecule has 67 heavy (non-hydrogen) atoms. The highest BCUT2D eigenvalue weighted by atomic mass is 15.2. The van der Waals surface area contributed by atoms with Crippen molar-refractivity contribution in [2.45, 2.75) is 0 Å². The van der Waals surface area contributed by atoms with Crippen molar-refractivity contribution in [3.05, 3.63) is 255 Å². The molecule has 0 aliphatic heterocycles. The van der Waals surface area contributed by atoms with E-state index < -0.39 is 0 Å². The zero-order chi connectivity index (χ0) is 44.5. The third-order valence-corrected chi connectivity index (χ3v) is 12.6. The van der Waals surface area contributed by atoms with Gasteiger partial charge in [0.05, 0.1) is 22.6 Å². The maximum atomic E-state index is 5.45. The largest absolute Gasteiger partial charge is 0.231 e. The van der Waals surface area contributed by atoms with Gasteiger partial charge in [0.2, 0.25) is 0 Å². The van der Waals surface area contributed by atoms with Crippen LogP contribution in [0.5, 0.6) is 0 Å². The van der Waals surface area contributed by atoms with Gasteiger partial charge in [-0.3, -0.25) is 0 Å². The molecule has 0 aliphatic carbocycles. The third-order valence-electron chi connectivity index (χ3n) is 12.6. The average Bonchev–Trinajstić information content (AvgIpc) is 3.83. The SMILES string of the molecule is c1ccc(-c2cccc(-c3cc(-c4cccc(-c5ccccc5)c4)nc(-c4cccc(-c5ccc6cc(-c7ccccc7)n7nc(-c8ccccc8)c(-c8ccccc8)c7c6c5)c4)n3)c2)cc1. The molecule has 0 radical (unpaired) electrons. The quantitative estimate of drug-likeness (QED) is 0.145. The molecule has 0 unspecified atom stereocenters. The minimum atomic E-state index is 0.662. The molecule has 3 aromatic heterocycles. The first-order valence-electron chi connectivity index (χ1n) is 22.7. The van der Waals surface area contributed by atoms with E-state index in [0.717, 1.165) is 111 Å². The highest BCUT2D eigenvalue weighted by Gasteiger charge is 2.22. The molecule has 0 saturated heterocycles. The van der Waals surface area contributed by atoms with E-state index in [9.17, 15) is 0 Å². The van der Waals surface area contributed by atoms with Gasteiger partial charge in [0.25, 0.3) is 0 Å². The molecular weight excluding hydrogens is 813 g/mol. The monoisotopic (exact) mass is 854 g/mol. The molecule has 0 N–H and O–H groups in total. The Hall–Kier alpha value is -8.99. The van der Waals surface area contributed by atoms with E-state index >= 15 is 0 Å². The first-order valence-corrected chi connectivity index (χ1v) is 22.7. The van der Waals surface area contributed by atoms with Crippen molar-refractivity contribution < 1.29 is 0 Å². The number of nitrogens with zero attached hydrogens (tertiary/aromatic N) is 4. The number of aromatic nitrogens is 4. The van der Waals surface area contributed by atoms with Crippen LogP contribution < -0.4 is 0 Å². The number of rotatable bonds is 9. The van der Waals surface area contributed by atoms with Gasteiger partial charge in [0, 0.05) is 38.8 Å². The first kappa shape index (κ1) is 39.6. The summed E-state index contributed by atoms with van der Waals surface area (Å²) in [6.45, 7) is 0. The van der Waals surface area contributed by atoms with E-state index in [4.69, 9.17) is 15.1 Å². The van der Waals surface area contributed by atoms with E-state index in [1.807, 2.05) is 0 Å². The lowest BCUT2D eigenvalue weighted by Gasteiger charge is -2.13. The van der Waals surface area contributed by atoms with E-state index in [0.29, 0.717) is 5.82 Å². The Balaban J connectivity index is 1.03. The summed E-state index contributed by atoms with van der Waals surface area (Å²) in [5.41, 5.74) is 18.9. The molecule has 12 aromatic rings. The second-order valence-electron chi connectivity index (χ2n) is 16.9. The van der Waals surface area contributed by atoms with Gasteiger partial charge < -0.3 is 0 Å². The van der Waals surface area contributed by atoms with Crippen LogP contribution in [0.2, 0.25) is 0 Å². The average molecular weight is 855 g/mol. The van der Waals surface area contributed by atoms with Crippen molar-refractivity contribution in [3.63, 3.8) is 0 Å². The van der Waals surface area contributed by atoms with Gasteiger partial charge in [-0.15, -0.1) is 0 Å². The van der Waals surface area contributed by atoms with Crippen molar-refractivity contribution in [1.82, 2.24) is 19.6 Å². The Kier molecular flexibility index (Phi) is 10.2. The molecule has 3 heterocycles. The highest BCUT2D eigenvalue weighted by molar-refractivity contribution is 6.09. The van der Waals surface area contributed by atoms with Crippen LogP contribution in [0.4, 0.5) is 0 Å². The van der Waals surface area contributed by atoms with Gasteiger partial charge in [0.15, 0.2) is 5.82 Å². The van der Waals surface area contributed by atoms with Crippen molar-refractivity contribution >= 4 is 16.3 Å². The van der Waals surface area contributed by atoms with Gasteiger partial charge in [-0.25, -0.2) is 14.5 Å². The van der Waals surface area contributed by atoms with Gasteiger partial charge >= 0.3 is 0 Å². The summed E-state index contributed by atoms with van der Waals surface area (Å²) in [6, 6.07) is 89.9. The Morgan fingerprint density at radius 2 is 0.701 bits per heavy atom. The topological polar surface area (TPSA) is 43.1 Å². The Bertz CT molecular complexity index is 3610. The molecule has 0 saturated carbocycles. The smallest absolute Gasteiger partial charge is 0.160 e. The summed E-state index contributed by atoms with van der Waals surface area (Å²) in [5.74, 6) is 0.662. The molecule has 0 fully saturated rings. The standard InChI is InChI=1S/C63H42N4/c1-6-19-43(20-7-1)48-29-16-32-53(37-48)57-42-58(54-33-17-30-49(38-54)44-21-8-2-9-22-44)65-63(64-57)55-34-18-31-50(39-55)51-35-36-52-41-59(45-23-10-3-11-24-45)67-62(56(52)40-51)60(46-25-12-4-13-26-46)61(66-67)47-27-14-5-15-28-47/h1-42H. The molecule has 4 nitrogen and oxygen atoms in total. The zero-order valence-electron chi connectivity index (χ0n) is 36.5. The Labute approximate surface area is 389 Å². The summed E-state index contributed by atoms with van der Waals surface area (Å²) in [7, 11) is 0. The molecule has 4 heteroatoms. The van der Waals surface area contributed by atoms with Crippen molar-refractivity contribution in [1.29, 1.82) is 0 Å². The molecule has 0 atom stereocenters. The van der Waals surface area contributed by atoms with Crippen molar-refractivity contribution in [2.24, 2.45) is 0 Å². The van der Waals surface area contributed by atoms with Gasteiger partial charge in [-0.1, -0.05) is 218 Å². The van der Waals surface area contributed by atoms with Gasteiger partial charge in [-0.2, -0.15) is 5.10 Å². The van der Waals surface area contributed by atoms with Crippen molar-refractivity contribution in [2.75, 3.05) is 0 Å². The molecule has 0 spiro atoms. The highest BCUT2D eigenvalue weighted by Crippen LogP contribution is 2.42. The van der Waals surface area contributed by atoms with E-state index in [1.165, 1.54) is 0 Å². The Morgan fingerprint density at radius 1 is 0.284 bits per heavy atom. The van der Waals surface area contributed by atoms with E-state index in [2.05, 4.69) is 259 Å². The van der Waals surface area contributed by atoms with E-state index in [-0.39, 0.29) is 0 Å². The van der Waals surface area contributed by atoms with Crippen LogP contribution in [-0.4, -0.2) is 19.6 Å². The second kappa shape index (κ2) is 17.2. The lowest BCUT2D eigenvalue weighted by molar-refractivity contribution is 0.979. The molecule has 0 aliphatic rings. The predicted octanol–water partition coefficient (Wildman–Crippen LogP) is 16.3. The molecule has 0 amide bonds.